The van der Waals surface area contributed by atoms with Crippen LogP contribution in [0.3, 0.4) is 0 Å². The summed E-state index contributed by atoms with van der Waals surface area (Å²) >= 11 is 6.18. The molecule has 0 heterocycles. The first-order chi connectivity index (χ1) is 5.54. The Morgan fingerprint density at radius 1 is 1.33 bits per heavy atom. The number of alkyl halides is 2. The van der Waals surface area contributed by atoms with Crippen LogP contribution in [0.2, 0.25) is 0 Å². The van der Waals surface area contributed by atoms with Gasteiger partial charge in [0.05, 0.1) is 0 Å². The van der Waals surface area contributed by atoms with Crippen molar-refractivity contribution in [3.63, 3.8) is 0 Å². The molecule has 0 N–H and O–H groups in total. The van der Waals surface area contributed by atoms with Gasteiger partial charge in [0, 0.05) is 11.3 Å². The third kappa shape index (κ3) is 1.93. The van der Waals surface area contributed by atoms with Gasteiger partial charge < -0.3 is 0 Å². The van der Waals surface area contributed by atoms with Gasteiger partial charge in [-0.3, -0.25) is 0 Å². The lowest BCUT2D eigenvalue weighted by atomic mass is 9.75. The predicted octanol–water partition coefficient (Wildman–Crippen LogP) is 3.63. The van der Waals surface area contributed by atoms with Crippen molar-refractivity contribution in [2.45, 2.75) is 45.2 Å². The standard InChI is InChI=1S/C10H18ClF/c1-6(2)8-4-5-9(12)7(3)10(8)11/h6-10H,4-5H2,1-3H3. The van der Waals surface area contributed by atoms with Crippen LogP contribution in [-0.4, -0.2) is 11.5 Å². The molecule has 72 valence electrons. The van der Waals surface area contributed by atoms with Crippen LogP contribution in [0, 0.1) is 17.8 Å². The van der Waals surface area contributed by atoms with Gasteiger partial charge in [0.25, 0.3) is 0 Å². The zero-order chi connectivity index (χ0) is 9.30. The summed E-state index contributed by atoms with van der Waals surface area (Å²) in [5.74, 6) is 1.13. The SMILES string of the molecule is CC(C)C1CCC(F)C(C)C1Cl. The van der Waals surface area contributed by atoms with Crippen LogP contribution in [0.4, 0.5) is 4.39 Å². The number of hydrogen-bond donors (Lipinski definition) is 0. The maximum Gasteiger partial charge on any atom is 0.104 e. The lowest BCUT2D eigenvalue weighted by Crippen LogP contribution is -2.37. The average molecular weight is 193 g/mol. The van der Waals surface area contributed by atoms with Crippen molar-refractivity contribution in [2.24, 2.45) is 17.8 Å². The summed E-state index contributed by atoms with van der Waals surface area (Å²) in [7, 11) is 0. The minimum Gasteiger partial charge on any atom is -0.247 e. The molecule has 1 fully saturated rings. The Labute approximate surface area is 79.5 Å². The molecule has 0 spiro atoms. The molecule has 0 amide bonds. The molecule has 0 aromatic rings. The third-order valence-corrected chi connectivity index (χ3v) is 3.84. The van der Waals surface area contributed by atoms with E-state index >= 15 is 0 Å². The molecular formula is C10H18ClF. The third-order valence-electron chi connectivity index (χ3n) is 3.11. The Morgan fingerprint density at radius 3 is 2.42 bits per heavy atom. The predicted molar refractivity (Wildman–Crippen MR) is 51.3 cm³/mol. The van der Waals surface area contributed by atoms with Crippen LogP contribution in [0.25, 0.3) is 0 Å². The second-order valence-corrected chi connectivity index (χ2v) is 4.81. The zero-order valence-electron chi connectivity index (χ0n) is 8.06. The van der Waals surface area contributed by atoms with Crippen LogP contribution in [0.5, 0.6) is 0 Å². The molecule has 0 aliphatic heterocycles. The first-order valence-electron chi connectivity index (χ1n) is 4.82. The van der Waals surface area contributed by atoms with E-state index in [0.29, 0.717) is 18.3 Å². The Balaban J connectivity index is 2.58. The summed E-state index contributed by atoms with van der Waals surface area (Å²) in [5.41, 5.74) is 0. The summed E-state index contributed by atoms with van der Waals surface area (Å²) in [6.45, 7) is 6.27. The lowest BCUT2D eigenvalue weighted by Gasteiger charge is -2.36. The van der Waals surface area contributed by atoms with Crippen LogP contribution in [0.15, 0.2) is 0 Å². The van der Waals surface area contributed by atoms with Gasteiger partial charge in [-0.25, -0.2) is 4.39 Å². The maximum absolute atomic E-state index is 13.2. The Kier molecular flexibility index (Phi) is 3.39. The molecular weight excluding hydrogens is 175 g/mol. The highest BCUT2D eigenvalue weighted by Gasteiger charge is 2.36. The molecule has 2 heteroatoms. The van der Waals surface area contributed by atoms with Crippen molar-refractivity contribution in [1.82, 2.24) is 0 Å². The van der Waals surface area contributed by atoms with Crippen molar-refractivity contribution in [3.05, 3.63) is 0 Å². The molecule has 1 aliphatic rings. The van der Waals surface area contributed by atoms with Gasteiger partial charge in [0.2, 0.25) is 0 Å². The van der Waals surface area contributed by atoms with Crippen molar-refractivity contribution in [3.8, 4) is 0 Å². The fraction of sp³-hybridized carbons (Fsp3) is 1.00. The largest absolute Gasteiger partial charge is 0.247 e. The van der Waals surface area contributed by atoms with Crippen molar-refractivity contribution in [1.29, 1.82) is 0 Å². The van der Waals surface area contributed by atoms with E-state index < -0.39 is 6.17 Å². The molecule has 0 bridgehead atoms. The minimum absolute atomic E-state index is 0.0350. The van der Waals surface area contributed by atoms with E-state index in [4.69, 9.17) is 11.6 Å². The Bertz CT molecular complexity index is 147. The lowest BCUT2D eigenvalue weighted by molar-refractivity contribution is 0.124. The van der Waals surface area contributed by atoms with E-state index in [-0.39, 0.29) is 11.3 Å². The molecule has 0 aromatic heterocycles. The normalized spacial score (nSPS) is 43.5. The summed E-state index contributed by atoms with van der Waals surface area (Å²) in [6, 6.07) is 0. The molecule has 0 saturated heterocycles. The molecule has 1 aliphatic carbocycles. The van der Waals surface area contributed by atoms with E-state index in [2.05, 4.69) is 13.8 Å². The van der Waals surface area contributed by atoms with Crippen LogP contribution < -0.4 is 0 Å². The Hall–Kier alpha value is 0.220. The highest BCUT2D eigenvalue weighted by molar-refractivity contribution is 6.21. The second kappa shape index (κ2) is 3.95. The number of hydrogen-bond acceptors (Lipinski definition) is 0. The van der Waals surface area contributed by atoms with E-state index in [0.717, 1.165) is 6.42 Å². The van der Waals surface area contributed by atoms with Gasteiger partial charge in [-0.15, -0.1) is 11.6 Å². The number of halogens is 2. The van der Waals surface area contributed by atoms with Crippen molar-refractivity contribution >= 4 is 11.6 Å². The molecule has 4 unspecified atom stereocenters. The fourth-order valence-electron chi connectivity index (χ4n) is 2.06. The van der Waals surface area contributed by atoms with Gasteiger partial charge >= 0.3 is 0 Å². The molecule has 4 atom stereocenters. The fourth-order valence-corrected chi connectivity index (χ4v) is 2.64. The van der Waals surface area contributed by atoms with Crippen LogP contribution in [-0.2, 0) is 0 Å². The zero-order valence-corrected chi connectivity index (χ0v) is 8.81. The van der Waals surface area contributed by atoms with Gasteiger partial charge in [-0.05, 0) is 24.7 Å². The van der Waals surface area contributed by atoms with E-state index in [1.54, 1.807) is 0 Å². The molecule has 0 nitrogen and oxygen atoms in total. The van der Waals surface area contributed by atoms with E-state index in [1.165, 1.54) is 0 Å². The average Bonchev–Trinajstić information content (AvgIpc) is 2.00. The highest BCUT2D eigenvalue weighted by Crippen LogP contribution is 2.38. The Morgan fingerprint density at radius 2 is 1.92 bits per heavy atom. The van der Waals surface area contributed by atoms with Gasteiger partial charge in [0.1, 0.15) is 6.17 Å². The smallest absolute Gasteiger partial charge is 0.104 e. The quantitative estimate of drug-likeness (QED) is 0.557. The molecule has 1 rings (SSSR count). The van der Waals surface area contributed by atoms with Crippen LogP contribution in [0.1, 0.15) is 33.6 Å². The molecule has 0 aromatic carbocycles. The highest BCUT2D eigenvalue weighted by atomic mass is 35.5. The van der Waals surface area contributed by atoms with Gasteiger partial charge in [-0.1, -0.05) is 20.8 Å². The molecule has 12 heavy (non-hydrogen) atoms. The summed E-state index contributed by atoms with van der Waals surface area (Å²) in [4.78, 5) is 0. The van der Waals surface area contributed by atoms with Crippen molar-refractivity contribution < 1.29 is 4.39 Å². The summed E-state index contributed by atoms with van der Waals surface area (Å²) < 4.78 is 13.2. The first kappa shape index (κ1) is 10.3. The maximum atomic E-state index is 13.2. The molecule has 1 saturated carbocycles. The first-order valence-corrected chi connectivity index (χ1v) is 5.25. The monoisotopic (exact) mass is 192 g/mol. The topological polar surface area (TPSA) is 0 Å². The van der Waals surface area contributed by atoms with Crippen LogP contribution >= 0.6 is 11.6 Å². The number of rotatable bonds is 1. The summed E-state index contributed by atoms with van der Waals surface area (Å²) in [5, 5.41) is 0.0359. The van der Waals surface area contributed by atoms with Gasteiger partial charge in [-0.2, -0.15) is 0 Å². The van der Waals surface area contributed by atoms with Gasteiger partial charge in [0.15, 0.2) is 0 Å². The summed E-state index contributed by atoms with van der Waals surface area (Å²) in [6.07, 6.45) is 0.979. The second-order valence-electron chi connectivity index (χ2n) is 4.30. The van der Waals surface area contributed by atoms with E-state index in [9.17, 15) is 4.39 Å². The van der Waals surface area contributed by atoms with Crippen molar-refractivity contribution in [2.75, 3.05) is 0 Å². The molecule has 0 radical (unpaired) electrons. The van der Waals surface area contributed by atoms with E-state index in [1.807, 2.05) is 6.92 Å². The minimum atomic E-state index is -0.678.